The van der Waals surface area contributed by atoms with Gasteiger partial charge in [0, 0.05) is 18.6 Å². The summed E-state index contributed by atoms with van der Waals surface area (Å²) < 4.78 is 16.9. The average Bonchev–Trinajstić information content (AvgIpc) is 2.03. The molecule has 1 aromatic rings. The topological polar surface area (TPSA) is 12.5 Å². The molecular formula is C10H15BrFNO. The zero-order chi connectivity index (χ0) is 11.0. The van der Waals surface area contributed by atoms with Crippen molar-refractivity contribution in [1.29, 1.82) is 0 Å². The van der Waals surface area contributed by atoms with Crippen LogP contribution in [-0.4, -0.2) is 26.0 Å². The second-order valence-corrected chi connectivity index (χ2v) is 3.74. The van der Waals surface area contributed by atoms with Crippen LogP contribution >= 0.6 is 15.9 Å². The Kier molecular flexibility index (Phi) is 7.65. The first-order chi connectivity index (χ1) is 6.56. The van der Waals surface area contributed by atoms with E-state index in [4.69, 9.17) is 0 Å². The van der Waals surface area contributed by atoms with Gasteiger partial charge in [0.15, 0.2) is 0 Å². The van der Waals surface area contributed by atoms with Crippen LogP contribution in [0.3, 0.4) is 0 Å². The SMILES string of the molecule is COCN(C)F.Cc1cccc(Br)c1. The molecule has 0 N–H and O–H groups in total. The van der Waals surface area contributed by atoms with Crippen LogP contribution in [-0.2, 0) is 4.74 Å². The van der Waals surface area contributed by atoms with Crippen LogP contribution in [0.4, 0.5) is 4.48 Å². The molecule has 0 spiro atoms. The second kappa shape index (κ2) is 7.91. The summed E-state index contributed by atoms with van der Waals surface area (Å²) in [4.78, 5) is 0. The molecule has 0 amide bonds. The molecule has 0 aromatic heterocycles. The Morgan fingerprint density at radius 3 is 2.36 bits per heavy atom. The van der Waals surface area contributed by atoms with Crippen molar-refractivity contribution in [3.63, 3.8) is 0 Å². The van der Waals surface area contributed by atoms with Gasteiger partial charge in [0.25, 0.3) is 0 Å². The van der Waals surface area contributed by atoms with Crippen molar-refractivity contribution in [2.24, 2.45) is 0 Å². The van der Waals surface area contributed by atoms with E-state index in [0.717, 1.165) is 4.47 Å². The first-order valence-electron chi connectivity index (χ1n) is 4.14. The van der Waals surface area contributed by atoms with Crippen LogP contribution in [0.15, 0.2) is 28.7 Å². The zero-order valence-electron chi connectivity index (χ0n) is 8.63. The molecule has 14 heavy (non-hydrogen) atoms. The maximum atomic E-state index is 11.4. The minimum atomic E-state index is 0.0417. The molecule has 1 aromatic carbocycles. The van der Waals surface area contributed by atoms with Gasteiger partial charge < -0.3 is 4.74 Å². The van der Waals surface area contributed by atoms with Gasteiger partial charge in [-0.25, -0.2) is 0 Å². The fourth-order valence-corrected chi connectivity index (χ4v) is 1.30. The Labute approximate surface area is 92.7 Å². The van der Waals surface area contributed by atoms with E-state index in [-0.39, 0.29) is 6.73 Å². The van der Waals surface area contributed by atoms with Crippen LogP contribution in [0.2, 0.25) is 0 Å². The molecule has 0 radical (unpaired) electrons. The second-order valence-electron chi connectivity index (χ2n) is 2.82. The van der Waals surface area contributed by atoms with Crippen LogP contribution in [0.1, 0.15) is 5.56 Å². The summed E-state index contributed by atoms with van der Waals surface area (Å²) in [6.07, 6.45) is 0. The number of halogens is 2. The first-order valence-corrected chi connectivity index (χ1v) is 4.93. The molecule has 1 rings (SSSR count). The van der Waals surface area contributed by atoms with E-state index in [1.54, 1.807) is 0 Å². The first kappa shape index (κ1) is 13.5. The molecule has 0 atom stereocenters. The Morgan fingerprint density at radius 1 is 1.50 bits per heavy atom. The predicted molar refractivity (Wildman–Crippen MR) is 59.6 cm³/mol. The molecule has 80 valence electrons. The number of nitrogens with zero attached hydrogens (tertiary/aromatic N) is 1. The molecule has 0 heterocycles. The quantitative estimate of drug-likeness (QED) is 0.601. The van der Waals surface area contributed by atoms with Gasteiger partial charge in [-0.05, 0) is 19.1 Å². The van der Waals surface area contributed by atoms with Crippen molar-refractivity contribution in [2.75, 3.05) is 20.9 Å². The fourth-order valence-electron chi connectivity index (χ4n) is 0.783. The van der Waals surface area contributed by atoms with Crippen molar-refractivity contribution in [1.82, 2.24) is 5.12 Å². The third kappa shape index (κ3) is 8.16. The summed E-state index contributed by atoms with van der Waals surface area (Å²) >= 11 is 3.36. The summed E-state index contributed by atoms with van der Waals surface area (Å²) in [7, 11) is 2.74. The summed E-state index contributed by atoms with van der Waals surface area (Å²) in [5.74, 6) is 0. The molecule has 0 aliphatic carbocycles. The standard InChI is InChI=1S/C7H7Br.C3H8FNO/c1-6-3-2-4-7(8)5-6;1-5(4)3-6-2/h2-5H,1H3;3H2,1-2H3. The van der Waals surface area contributed by atoms with Gasteiger partial charge in [-0.2, -0.15) is 0 Å². The minimum absolute atomic E-state index is 0.0417. The molecular weight excluding hydrogens is 249 g/mol. The van der Waals surface area contributed by atoms with Gasteiger partial charge in [-0.1, -0.05) is 33.6 Å². The highest BCUT2D eigenvalue weighted by molar-refractivity contribution is 9.10. The molecule has 2 nitrogen and oxygen atoms in total. The van der Waals surface area contributed by atoms with Crippen molar-refractivity contribution in [3.05, 3.63) is 34.3 Å². The molecule has 0 unspecified atom stereocenters. The number of methoxy groups -OCH3 is 1. The highest BCUT2D eigenvalue weighted by atomic mass is 79.9. The van der Waals surface area contributed by atoms with E-state index < -0.39 is 0 Å². The Bertz CT molecular complexity index is 238. The van der Waals surface area contributed by atoms with Crippen LogP contribution in [0.25, 0.3) is 0 Å². The normalized spacial score (nSPS) is 9.57. The van der Waals surface area contributed by atoms with Crippen LogP contribution < -0.4 is 0 Å². The number of benzene rings is 1. The van der Waals surface area contributed by atoms with Gasteiger partial charge in [-0.15, -0.1) is 9.60 Å². The average molecular weight is 264 g/mol. The molecule has 0 aliphatic heterocycles. The molecule has 0 bridgehead atoms. The van der Waals surface area contributed by atoms with Gasteiger partial charge in [0.1, 0.15) is 6.73 Å². The van der Waals surface area contributed by atoms with Crippen molar-refractivity contribution < 1.29 is 9.22 Å². The van der Waals surface area contributed by atoms with E-state index in [9.17, 15) is 4.48 Å². The molecule has 0 fully saturated rings. The Morgan fingerprint density at radius 2 is 2.14 bits per heavy atom. The van der Waals surface area contributed by atoms with Gasteiger partial charge in [-0.3, -0.25) is 0 Å². The lowest BCUT2D eigenvalue weighted by molar-refractivity contribution is -0.0461. The van der Waals surface area contributed by atoms with Crippen molar-refractivity contribution in [2.45, 2.75) is 6.92 Å². The number of ether oxygens (including phenoxy) is 1. The van der Waals surface area contributed by atoms with Crippen molar-refractivity contribution in [3.8, 4) is 0 Å². The van der Waals surface area contributed by atoms with Crippen LogP contribution in [0.5, 0.6) is 0 Å². The lowest BCUT2D eigenvalue weighted by Gasteiger charge is -1.98. The summed E-state index contributed by atoms with van der Waals surface area (Å²) in [6, 6.07) is 8.21. The summed E-state index contributed by atoms with van der Waals surface area (Å²) in [5.41, 5.74) is 1.29. The minimum Gasteiger partial charge on any atom is -0.367 e. The monoisotopic (exact) mass is 263 g/mol. The number of hydrogen-bond donors (Lipinski definition) is 0. The summed E-state index contributed by atoms with van der Waals surface area (Å²) in [6.45, 7) is 2.12. The van der Waals surface area contributed by atoms with Crippen molar-refractivity contribution >= 4 is 15.9 Å². The smallest absolute Gasteiger partial charge is 0.126 e. The molecule has 4 heteroatoms. The zero-order valence-corrected chi connectivity index (χ0v) is 10.2. The van der Waals surface area contributed by atoms with E-state index in [0.29, 0.717) is 5.12 Å². The van der Waals surface area contributed by atoms with Gasteiger partial charge in [0.2, 0.25) is 0 Å². The molecule has 0 aliphatic rings. The largest absolute Gasteiger partial charge is 0.367 e. The lowest BCUT2D eigenvalue weighted by atomic mass is 10.2. The maximum absolute atomic E-state index is 11.4. The van der Waals surface area contributed by atoms with E-state index >= 15 is 0 Å². The van der Waals surface area contributed by atoms with Gasteiger partial charge in [0.05, 0.1) is 0 Å². The third-order valence-electron chi connectivity index (χ3n) is 1.29. The predicted octanol–water partition coefficient (Wildman–Crippen LogP) is 3.16. The highest BCUT2D eigenvalue weighted by Crippen LogP contribution is 2.09. The van der Waals surface area contributed by atoms with E-state index in [1.165, 1.54) is 19.7 Å². The molecule has 0 saturated heterocycles. The lowest BCUT2D eigenvalue weighted by Crippen LogP contribution is -2.08. The summed E-state index contributed by atoms with van der Waals surface area (Å²) in [5, 5.41) is 0.458. The maximum Gasteiger partial charge on any atom is 0.126 e. The number of aryl methyl sites for hydroxylation is 1. The fraction of sp³-hybridized carbons (Fsp3) is 0.400. The van der Waals surface area contributed by atoms with Gasteiger partial charge >= 0.3 is 0 Å². The Hall–Kier alpha value is -0.450. The third-order valence-corrected chi connectivity index (χ3v) is 1.78. The Balaban J connectivity index is 0.000000255. The van der Waals surface area contributed by atoms with E-state index in [1.807, 2.05) is 12.1 Å². The number of hydrogen-bond acceptors (Lipinski definition) is 2. The highest BCUT2D eigenvalue weighted by Gasteiger charge is 1.84. The van der Waals surface area contributed by atoms with Crippen LogP contribution in [0, 0.1) is 6.92 Å². The molecule has 0 saturated carbocycles. The van der Waals surface area contributed by atoms with E-state index in [2.05, 4.69) is 39.7 Å². The number of rotatable bonds is 2.